The minimum absolute atomic E-state index is 0.236. The van der Waals surface area contributed by atoms with Crippen LogP contribution in [0.15, 0.2) is 30.5 Å². The maximum absolute atomic E-state index is 9.81. The molecular formula is C14H17N3O2S. The zero-order valence-corrected chi connectivity index (χ0v) is 11.8. The van der Waals surface area contributed by atoms with Crippen molar-refractivity contribution in [1.29, 1.82) is 0 Å². The van der Waals surface area contributed by atoms with Crippen LogP contribution in [0.2, 0.25) is 0 Å². The van der Waals surface area contributed by atoms with Crippen molar-refractivity contribution in [2.45, 2.75) is 18.4 Å². The first-order valence-corrected chi connectivity index (χ1v) is 7.43. The van der Waals surface area contributed by atoms with E-state index in [-0.39, 0.29) is 6.61 Å². The van der Waals surface area contributed by atoms with Crippen LogP contribution in [0.1, 0.15) is 17.0 Å². The number of fused-ring (bicyclic) bond motifs is 1. The molecule has 0 saturated heterocycles. The lowest BCUT2D eigenvalue weighted by Gasteiger charge is -2.30. The monoisotopic (exact) mass is 291 g/mol. The minimum Gasteiger partial charge on any atom is -0.473 e. The van der Waals surface area contributed by atoms with Crippen molar-refractivity contribution >= 4 is 11.7 Å². The van der Waals surface area contributed by atoms with Crippen LogP contribution in [-0.2, 0) is 6.42 Å². The van der Waals surface area contributed by atoms with Gasteiger partial charge in [0.2, 0.25) is 5.88 Å². The van der Waals surface area contributed by atoms with Gasteiger partial charge >= 0.3 is 0 Å². The summed E-state index contributed by atoms with van der Waals surface area (Å²) in [6.07, 6.45) is 2.14. The average molecular weight is 291 g/mol. The fourth-order valence-corrected chi connectivity index (χ4v) is 2.79. The summed E-state index contributed by atoms with van der Waals surface area (Å²) < 4.78 is 13.1. The summed E-state index contributed by atoms with van der Waals surface area (Å²) in [6.45, 7) is 1.65. The molecule has 2 N–H and O–H groups in total. The molecule has 3 rings (SSSR count). The molecular weight excluding hydrogens is 274 g/mol. The molecule has 1 heterocycles. The summed E-state index contributed by atoms with van der Waals surface area (Å²) >= 11 is 1.09. The Labute approximate surface area is 121 Å². The Morgan fingerprint density at radius 1 is 1.45 bits per heavy atom. The molecule has 0 aliphatic heterocycles. The number of ether oxygens (including phenoxy) is 1. The maximum atomic E-state index is 9.81. The van der Waals surface area contributed by atoms with Gasteiger partial charge in [0.15, 0.2) is 0 Å². The van der Waals surface area contributed by atoms with Gasteiger partial charge in [0.25, 0.3) is 0 Å². The van der Waals surface area contributed by atoms with Gasteiger partial charge in [0, 0.05) is 19.0 Å². The standard InChI is InChI=1S/C14H17N3O2S/c18-12(9-19-14-8-16-20-17-14)7-15-6-11-5-10-3-1-2-4-13(10)11/h1-4,8,11-12,15,18H,5-7,9H2. The van der Waals surface area contributed by atoms with Crippen molar-refractivity contribution in [1.82, 2.24) is 14.1 Å². The highest BCUT2D eigenvalue weighted by Crippen LogP contribution is 2.33. The third-order valence-electron chi connectivity index (χ3n) is 3.50. The first kappa shape index (κ1) is 13.5. The molecule has 1 aliphatic carbocycles. The SMILES string of the molecule is OC(CNCC1Cc2ccccc21)COc1cnsn1. The first-order valence-electron chi connectivity index (χ1n) is 6.70. The molecule has 2 aromatic rings. The smallest absolute Gasteiger partial charge is 0.245 e. The van der Waals surface area contributed by atoms with Crippen LogP contribution >= 0.6 is 11.7 Å². The molecule has 2 atom stereocenters. The molecule has 106 valence electrons. The molecule has 1 aliphatic rings. The second-order valence-electron chi connectivity index (χ2n) is 4.97. The van der Waals surface area contributed by atoms with Crippen LogP contribution in [0.5, 0.6) is 5.88 Å². The quantitative estimate of drug-likeness (QED) is 0.802. The summed E-state index contributed by atoms with van der Waals surface area (Å²) in [5.41, 5.74) is 2.87. The van der Waals surface area contributed by atoms with E-state index >= 15 is 0 Å². The van der Waals surface area contributed by atoms with Crippen molar-refractivity contribution in [3.05, 3.63) is 41.6 Å². The van der Waals surface area contributed by atoms with Crippen LogP contribution in [-0.4, -0.2) is 39.7 Å². The summed E-state index contributed by atoms with van der Waals surface area (Å²) in [5, 5.41) is 13.1. The predicted molar refractivity (Wildman–Crippen MR) is 77.2 cm³/mol. The van der Waals surface area contributed by atoms with Gasteiger partial charge in [-0.25, -0.2) is 0 Å². The second-order valence-corrected chi connectivity index (χ2v) is 5.53. The minimum atomic E-state index is -0.535. The zero-order chi connectivity index (χ0) is 13.8. The van der Waals surface area contributed by atoms with Crippen molar-refractivity contribution < 1.29 is 9.84 Å². The molecule has 0 bridgehead atoms. The first-order chi connectivity index (χ1) is 9.83. The van der Waals surface area contributed by atoms with Gasteiger partial charge in [-0.05, 0) is 17.5 Å². The highest BCUT2D eigenvalue weighted by atomic mass is 32.1. The van der Waals surface area contributed by atoms with Crippen molar-refractivity contribution in [3.63, 3.8) is 0 Å². The second kappa shape index (κ2) is 6.30. The summed E-state index contributed by atoms with van der Waals surface area (Å²) in [6, 6.07) is 8.52. The van der Waals surface area contributed by atoms with E-state index < -0.39 is 6.10 Å². The van der Waals surface area contributed by atoms with Gasteiger partial charge < -0.3 is 15.2 Å². The van der Waals surface area contributed by atoms with Gasteiger partial charge in [-0.2, -0.15) is 4.37 Å². The molecule has 20 heavy (non-hydrogen) atoms. The molecule has 0 saturated carbocycles. The fourth-order valence-electron chi connectivity index (χ4n) is 2.43. The number of aliphatic hydroxyl groups is 1. The third-order valence-corrected chi connectivity index (χ3v) is 3.96. The molecule has 6 heteroatoms. The maximum Gasteiger partial charge on any atom is 0.245 e. The van der Waals surface area contributed by atoms with E-state index in [0.29, 0.717) is 18.3 Å². The Hall–Kier alpha value is -1.50. The topological polar surface area (TPSA) is 67.3 Å². The Morgan fingerprint density at radius 2 is 2.35 bits per heavy atom. The van der Waals surface area contributed by atoms with Crippen molar-refractivity contribution in [2.24, 2.45) is 0 Å². The van der Waals surface area contributed by atoms with Crippen LogP contribution in [0.3, 0.4) is 0 Å². The lowest BCUT2D eigenvalue weighted by atomic mass is 9.77. The Bertz CT molecular complexity index is 547. The number of nitrogens with zero attached hydrogens (tertiary/aromatic N) is 2. The summed E-state index contributed by atoms with van der Waals surface area (Å²) in [5.74, 6) is 1.05. The van der Waals surface area contributed by atoms with Gasteiger partial charge in [0.05, 0.1) is 11.7 Å². The Morgan fingerprint density at radius 3 is 3.15 bits per heavy atom. The molecule has 2 unspecified atom stereocenters. The summed E-state index contributed by atoms with van der Waals surface area (Å²) in [4.78, 5) is 0. The molecule has 0 spiro atoms. The molecule has 1 aromatic heterocycles. The normalized spacial score (nSPS) is 18.1. The van der Waals surface area contributed by atoms with Crippen LogP contribution < -0.4 is 10.1 Å². The molecule has 1 aromatic carbocycles. The number of aromatic nitrogens is 2. The number of hydrogen-bond acceptors (Lipinski definition) is 6. The molecule has 0 amide bonds. The number of aliphatic hydroxyl groups excluding tert-OH is 1. The molecule has 5 nitrogen and oxygen atoms in total. The number of benzene rings is 1. The van der Waals surface area contributed by atoms with Gasteiger partial charge in [-0.1, -0.05) is 24.3 Å². The van der Waals surface area contributed by atoms with Crippen molar-refractivity contribution in [2.75, 3.05) is 19.7 Å². The van der Waals surface area contributed by atoms with Crippen molar-refractivity contribution in [3.8, 4) is 5.88 Å². The molecule has 0 radical (unpaired) electrons. The van der Waals surface area contributed by atoms with Gasteiger partial charge in [-0.15, -0.1) is 4.37 Å². The average Bonchev–Trinajstić information content (AvgIpc) is 2.95. The highest BCUT2D eigenvalue weighted by Gasteiger charge is 2.24. The van der Waals surface area contributed by atoms with E-state index in [0.717, 1.165) is 24.7 Å². The van der Waals surface area contributed by atoms with E-state index in [4.69, 9.17) is 4.74 Å². The zero-order valence-electron chi connectivity index (χ0n) is 11.0. The Balaban J connectivity index is 1.34. The fraction of sp³-hybridized carbons (Fsp3) is 0.429. The van der Waals surface area contributed by atoms with Crippen LogP contribution in [0, 0.1) is 0 Å². The van der Waals surface area contributed by atoms with E-state index in [2.05, 4.69) is 38.3 Å². The van der Waals surface area contributed by atoms with E-state index in [1.165, 1.54) is 11.1 Å². The number of hydrogen-bond donors (Lipinski definition) is 2. The summed E-state index contributed by atoms with van der Waals surface area (Å²) in [7, 11) is 0. The largest absolute Gasteiger partial charge is 0.473 e. The van der Waals surface area contributed by atoms with Gasteiger partial charge in [0.1, 0.15) is 18.9 Å². The number of nitrogens with one attached hydrogen (secondary N) is 1. The van der Waals surface area contributed by atoms with Crippen LogP contribution in [0.4, 0.5) is 0 Å². The predicted octanol–water partition coefficient (Wildman–Crippen LogP) is 1.21. The highest BCUT2D eigenvalue weighted by molar-refractivity contribution is 6.99. The van der Waals surface area contributed by atoms with E-state index in [1.54, 1.807) is 6.20 Å². The molecule has 0 fully saturated rings. The van der Waals surface area contributed by atoms with Crippen LogP contribution in [0.25, 0.3) is 0 Å². The van der Waals surface area contributed by atoms with Gasteiger partial charge in [-0.3, -0.25) is 0 Å². The lowest BCUT2D eigenvalue weighted by molar-refractivity contribution is 0.104. The number of rotatable bonds is 7. The Kier molecular flexibility index (Phi) is 4.25. The van der Waals surface area contributed by atoms with E-state index in [1.807, 2.05) is 0 Å². The van der Waals surface area contributed by atoms with E-state index in [9.17, 15) is 5.11 Å². The lowest BCUT2D eigenvalue weighted by Crippen LogP contribution is -2.36. The third kappa shape index (κ3) is 3.15.